The van der Waals surface area contributed by atoms with Crippen molar-refractivity contribution in [2.75, 3.05) is 37.0 Å². The number of fused-ring (bicyclic) bond motifs is 2. The van der Waals surface area contributed by atoms with Crippen LogP contribution in [0.5, 0.6) is 5.75 Å². The standard InChI is InChI=1S/C18H21N5O.H2/c1-22-9-8-19-18-17(22)5-3-14(21-18)7-10-24-15-4-6-16-13(11-15)12-20-23(16)2;/h3-6,11-12H,7-10H2,1-2H3,(H,19,21);1H. The topological polar surface area (TPSA) is 55.2 Å². The molecule has 126 valence electrons. The maximum atomic E-state index is 5.88. The van der Waals surface area contributed by atoms with Gasteiger partial charge in [0, 0.05) is 46.1 Å². The maximum absolute atomic E-state index is 5.88. The van der Waals surface area contributed by atoms with E-state index in [-0.39, 0.29) is 1.43 Å². The van der Waals surface area contributed by atoms with Crippen LogP contribution in [0.15, 0.2) is 36.5 Å². The van der Waals surface area contributed by atoms with Gasteiger partial charge in [0.15, 0.2) is 0 Å². The second-order valence-electron chi connectivity index (χ2n) is 6.11. The first kappa shape index (κ1) is 14.8. The molecule has 0 bridgehead atoms. The van der Waals surface area contributed by atoms with Crippen LogP contribution in [-0.2, 0) is 13.5 Å². The fourth-order valence-corrected chi connectivity index (χ4v) is 3.04. The fraction of sp³-hybridized carbons (Fsp3) is 0.333. The highest BCUT2D eigenvalue weighted by Crippen LogP contribution is 2.26. The molecular formula is C18H23N5O. The van der Waals surface area contributed by atoms with Gasteiger partial charge in [0.1, 0.15) is 11.6 Å². The van der Waals surface area contributed by atoms with E-state index in [1.165, 1.54) is 0 Å². The third kappa shape index (κ3) is 2.75. The van der Waals surface area contributed by atoms with Gasteiger partial charge in [0.2, 0.25) is 0 Å². The lowest BCUT2D eigenvalue weighted by atomic mass is 10.2. The molecule has 0 atom stereocenters. The molecule has 4 rings (SSSR count). The Hall–Kier alpha value is -2.76. The quantitative estimate of drug-likeness (QED) is 0.799. The highest BCUT2D eigenvalue weighted by atomic mass is 16.5. The Labute approximate surface area is 142 Å². The van der Waals surface area contributed by atoms with Crippen molar-refractivity contribution < 1.29 is 6.16 Å². The number of pyridine rings is 1. The molecule has 6 nitrogen and oxygen atoms in total. The highest BCUT2D eigenvalue weighted by molar-refractivity contribution is 5.80. The Balaban J connectivity index is 0.00000182. The maximum Gasteiger partial charge on any atom is 0.149 e. The van der Waals surface area contributed by atoms with Crippen LogP contribution in [0.1, 0.15) is 7.12 Å². The predicted molar refractivity (Wildman–Crippen MR) is 98.0 cm³/mol. The number of ether oxygens (including phenoxy) is 1. The Kier molecular flexibility index (Phi) is 3.72. The molecule has 1 N–H and O–H groups in total. The van der Waals surface area contributed by atoms with E-state index in [4.69, 9.17) is 9.72 Å². The number of hydrogen-bond acceptors (Lipinski definition) is 5. The van der Waals surface area contributed by atoms with Crippen LogP contribution in [0, 0.1) is 0 Å². The van der Waals surface area contributed by atoms with Crippen molar-refractivity contribution in [2.24, 2.45) is 7.05 Å². The van der Waals surface area contributed by atoms with E-state index in [0.29, 0.717) is 6.61 Å². The lowest BCUT2D eigenvalue weighted by Gasteiger charge is -2.27. The zero-order chi connectivity index (χ0) is 16.5. The average Bonchev–Trinajstić information content (AvgIpc) is 2.96. The van der Waals surface area contributed by atoms with Gasteiger partial charge >= 0.3 is 0 Å². The molecule has 0 saturated carbocycles. The highest BCUT2D eigenvalue weighted by Gasteiger charge is 2.14. The summed E-state index contributed by atoms with van der Waals surface area (Å²) in [5.74, 6) is 1.84. The fourth-order valence-electron chi connectivity index (χ4n) is 3.04. The SMILES string of the molecule is CN1CCNc2nc(CCOc3ccc4c(cnn4C)c3)ccc21.[HH]. The molecule has 1 aliphatic heterocycles. The number of hydrogen-bond donors (Lipinski definition) is 1. The van der Waals surface area contributed by atoms with Gasteiger partial charge in [-0.05, 0) is 30.3 Å². The van der Waals surface area contributed by atoms with Gasteiger partial charge in [-0.15, -0.1) is 0 Å². The predicted octanol–water partition coefficient (Wildman–Crippen LogP) is 2.70. The first-order valence-corrected chi connectivity index (χ1v) is 8.20. The molecule has 24 heavy (non-hydrogen) atoms. The number of aryl methyl sites for hydroxylation is 1. The van der Waals surface area contributed by atoms with Crippen LogP contribution >= 0.6 is 0 Å². The van der Waals surface area contributed by atoms with E-state index in [2.05, 4.69) is 34.5 Å². The van der Waals surface area contributed by atoms with Crippen LogP contribution in [0.25, 0.3) is 10.9 Å². The van der Waals surface area contributed by atoms with Crippen molar-refractivity contribution >= 4 is 22.4 Å². The summed E-state index contributed by atoms with van der Waals surface area (Å²) in [6, 6.07) is 10.3. The number of nitrogens with one attached hydrogen (secondary N) is 1. The summed E-state index contributed by atoms with van der Waals surface area (Å²) >= 11 is 0. The van der Waals surface area contributed by atoms with Gasteiger partial charge in [0.05, 0.1) is 24.0 Å². The number of nitrogens with zero attached hydrogens (tertiary/aromatic N) is 4. The van der Waals surface area contributed by atoms with Gasteiger partial charge in [-0.2, -0.15) is 5.10 Å². The second kappa shape index (κ2) is 6.03. The van der Waals surface area contributed by atoms with Gasteiger partial charge < -0.3 is 15.0 Å². The van der Waals surface area contributed by atoms with Gasteiger partial charge in [0.25, 0.3) is 0 Å². The molecule has 1 aliphatic rings. The summed E-state index contributed by atoms with van der Waals surface area (Å²) in [5, 5.41) is 8.70. The Morgan fingerprint density at radius 2 is 2.17 bits per heavy atom. The van der Waals surface area contributed by atoms with Crippen molar-refractivity contribution in [1.29, 1.82) is 0 Å². The van der Waals surface area contributed by atoms with Crippen molar-refractivity contribution in [1.82, 2.24) is 14.8 Å². The third-order valence-corrected chi connectivity index (χ3v) is 4.43. The largest absolute Gasteiger partial charge is 0.493 e. The number of rotatable bonds is 4. The number of aromatic nitrogens is 3. The lowest BCUT2D eigenvalue weighted by Crippen LogP contribution is -2.31. The molecule has 0 amide bonds. The molecular weight excluding hydrogens is 302 g/mol. The third-order valence-electron chi connectivity index (χ3n) is 4.43. The molecule has 0 fully saturated rings. The van der Waals surface area contributed by atoms with Gasteiger partial charge in [-0.1, -0.05) is 0 Å². The van der Waals surface area contributed by atoms with E-state index in [9.17, 15) is 0 Å². The molecule has 0 radical (unpaired) electrons. The number of benzene rings is 1. The number of likely N-dealkylation sites (N-methyl/N-ethyl adjacent to an activating group) is 1. The van der Waals surface area contributed by atoms with E-state index >= 15 is 0 Å². The monoisotopic (exact) mass is 325 g/mol. The van der Waals surface area contributed by atoms with Gasteiger partial charge in [-0.3, -0.25) is 4.68 Å². The zero-order valence-corrected chi connectivity index (χ0v) is 14.0. The summed E-state index contributed by atoms with van der Waals surface area (Å²) in [4.78, 5) is 6.93. The van der Waals surface area contributed by atoms with Crippen LogP contribution in [0.2, 0.25) is 0 Å². The van der Waals surface area contributed by atoms with Crippen molar-refractivity contribution in [2.45, 2.75) is 6.42 Å². The number of anilines is 2. The summed E-state index contributed by atoms with van der Waals surface area (Å²) in [5.41, 5.74) is 3.31. The first-order valence-electron chi connectivity index (χ1n) is 8.20. The second-order valence-corrected chi connectivity index (χ2v) is 6.11. The molecule has 2 aromatic heterocycles. The van der Waals surface area contributed by atoms with Crippen molar-refractivity contribution in [3.05, 3.63) is 42.2 Å². The summed E-state index contributed by atoms with van der Waals surface area (Å²) in [6.07, 6.45) is 2.64. The smallest absolute Gasteiger partial charge is 0.149 e. The van der Waals surface area contributed by atoms with Crippen LogP contribution in [0.4, 0.5) is 11.5 Å². The lowest BCUT2D eigenvalue weighted by molar-refractivity contribution is 0.321. The van der Waals surface area contributed by atoms with E-state index in [1.54, 1.807) is 0 Å². The molecule has 3 heterocycles. The summed E-state index contributed by atoms with van der Waals surface area (Å²) in [7, 11) is 4.04. The minimum atomic E-state index is 0. The van der Waals surface area contributed by atoms with E-state index in [1.807, 2.05) is 36.1 Å². The molecule has 6 heteroatoms. The summed E-state index contributed by atoms with van der Waals surface area (Å²) in [6.45, 7) is 2.54. The molecule has 0 aliphatic carbocycles. The van der Waals surface area contributed by atoms with Gasteiger partial charge in [-0.25, -0.2) is 4.98 Å². The Morgan fingerprint density at radius 1 is 1.25 bits per heavy atom. The molecule has 0 spiro atoms. The van der Waals surface area contributed by atoms with E-state index < -0.39 is 0 Å². The molecule has 0 unspecified atom stereocenters. The van der Waals surface area contributed by atoms with Crippen LogP contribution in [-0.4, -0.2) is 41.5 Å². The Morgan fingerprint density at radius 3 is 3.08 bits per heavy atom. The normalized spacial score (nSPS) is 13.7. The van der Waals surface area contributed by atoms with Crippen molar-refractivity contribution in [3.8, 4) is 5.75 Å². The van der Waals surface area contributed by atoms with Crippen LogP contribution < -0.4 is 15.0 Å². The summed E-state index contributed by atoms with van der Waals surface area (Å²) < 4.78 is 7.75. The average molecular weight is 325 g/mol. The first-order chi connectivity index (χ1) is 11.7. The minimum absolute atomic E-state index is 0. The Bertz CT molecular complexity index is 879. The minimum Gasteiger partial charge on any atom is -0.493 e. The zero-order valence-electron chi connectivity index (χ0n) is 14.0. The molecule has 0 saturated heterocycles. The van der Waals surface area contributed by atoms with Crippen LogP contribution in [0.3, 0.4) is 0 Å². The van der Waals surface area contributed by atoms with Crippen molar-refractivity contribution in [3.63, 3.8) is 0 Å². The van der Waals surface area contributed by atoms with E-state index in [0.717, 1.165) is 53.4 Å². The molecule has 1 aromatic carbocycles. The molecule has 3 aromatic rings.